The smallest absolute Gasteiger partial charge is 0.329 e. The van der Waals surface area contributed by atoms with E-state index in [9.17, 15) is 14.4 Å². The summed E-state index contributed by atoms with van der Waals surface area (Å²) < 4.78 is 5.44. The fraction of sp³-hybridized carbons (Fsp3) is 0.222. The SMILES string of the molecule is O=C(C=CC1C=CC=CC1)N[C@@H](CCSC(=O)c1ccccc1)C(=O)OCc1ccccc1. The average molecular weight is 462 g/mol. The van der Waals surface area contributed by atoms with Crippen molar-refractivity contribution in [2.45, 2.75) is 25.5 Å². The van der Waals surface area contributed by atoms with E-state index in [1.165, 1.54) is 6.08 Å². The van der Waals surface area contributed by atoms with Gasteiger partial charge in [-0.25, -0.2) is 4.79 Å². The molecular formula is C27H27NO4S. The van der Waals surface area contributed by atoms with Gasteiger partial charge >= 0.3 is 5.97 Å². The molecule has 0 fully saturated rings. The van der Waals surface area contributed by atoms with Crippen molar-refractivity contribution < 1.29 is 19.1 Å². The first-order valence-electron chi connectivity index (χ1n) is 10.9. The quantitative estimate of drug-likeness (QED) is 0.404. The number of hydrogen-bond donors (Lipinski definition) is 1. The first-order chi connectivity index (χ1) is 16.1. The van der Waals surface area contributed by atoms with Crippen LogP contribution in [-0.2, 0) is 20.9 Å². The van der Waals surface area contributed by atoms with Gasteiger partial charge in [-0.3, -0.25) is 9.59 Å². The summed E-state index contributed by atoms with van der Waals surface area (Å²) in [6.45, 7) is 0.122. The maximum absolute atomic E-state index is 12.7. The molecule has 5 nitrogen and oxygen atoms in total. The first-order valence-corrected chi connectivity index (χ1v) is 11.8. The number of esters is 1. The highest BCUT2D eigenvalue weighted by Crippen LogP contribution is 2.15. The Kier molecular flexibility index (Phi) is 9.73. The second-order valence-corrected chi connectivity index (χ2v) is 8.58. The highest BCUT2D eigenvalue weighted by molar-refractivity contribution is 8.14. The summed E-state index contributed by atoms with van der Waals surface area (Å²) in [6.07, 6.45) is 12.4. The minimum atomic E-state index is -0.844. The maximum atomic E-state index is 12.7. The van der Waals surface area contributed by atoms with Gasteiger partial charge in [0.15, 0.2) is 0 Å². The molecule has 0 aliphatic heterocycles. The third-order valence-electron chi connectivity index (χ3n) is 4.98. The van der Waals surface area contributed by atoms with Gasteiger partial charge in [0.1, 0.15) is 12.6 Å². The number of nitrogens with one attached hydrogen (secondary N) is 1. The first kappa shape index (κ1) is 24.3. The molecule has 0 saturated heterocycles. The van der Waals surface area contributed by atoms with Gasteiger partial charge in [0, 0.05) is 11.3 Å². The molecular weight excluding hydrogens is 434 g/mol. The van der Waals surface area contributed by atoms with Gasteiger partial charge < -0.3 is 10.1 Å². The fourth-order valence-corrected chi connectivity index (χ4v) is 4.02. The fourth-order valence-electron chi connectivity index (χ4n) is 3.18. The summed E-state index contributed by atoms with van der Waals surface area (Å²) in [5.74, 6) is -0.352. The Balaban J connectivity index is 1.56. The normalized spacial score (nSPS) is 15.8. The minimum Gasteiger partial charge on any atom is -0.459 e. The molecule has 1 unspecified atom stereocenters. The lowest BCUT2D eigenvalue weighted by Crippen LogP contribution is -2.41. The standard InChI is InChI=1S/C27H27NO4S/c29-25(17-16-21-10-4-1-5-11-21)28-24(26(30)32-20-22-12-6-2-7-13-22)18-19-33-27(31)23-14-8-3-9-15-23/h1-10,12-17,21,24H,11,18-20H2,(H,28,29)/t21?,24-/m0/s1. The van der Waals surface area contributed by atoms with Crippen LogP contribution in [0.3, 0.4) is 0 Å². The van der Waals surface area contributed by atoms with Gasteiger partial charge in [0.2, 0.25) is 11.0 Å². The molecule has 33 heavy (non-hydrogen) atoms. The van der Waals surface area contributed by atoms with Crippen LogP contribution in [-0.4, -0.2) is 28.8 Å². The number of hydrogen-bond acceptors (Lipinski definition) is 5. The van der Waals surface area contributed by atoms with Gasteiger partial charge in [-0.2, -0.15) is 0 Å². The van der Waals surface area contributed by atoms with Crippen molar-refractivity contribution in [3.8, 4) is 0 Å². The average Bonchev–Trinajstić information content (AvgIpc) is 2.87. The molecule has 2 aromatic rings. The van der Waals surface area contributed by atoms with Crippen molar-refractivity contribution in [3.63, 3.8) is 0 Å². The van der Waals surface area contributed by atoms with Crippen LogP contribution < -0.4 is 5.32 Å². The topological polar surface area (TPSA) is 72.5 Å². The van der Waals surface area contributed by atoms with Crippen LogP contribution in [0.25, 0.3) is 0 Å². The summed E-state index contributed by atoms with van der Waals surface area (Å²) in [6, 6.07) is 17.5. The van der Waals surface area contributed by atoms with Crippen molar-refractivity contribution in [1.29, 1.82) is 0 Å². The third kappa shape index (κ3) is 8.58. The van der Waals surface area contributed by atoms with Crippen LogP contribution in [0.2, 0.25) is 0 Å². The molecule has 0 radical (unpaired) electrons. The second kappa shape index (κ2) is 13.2. The highest BCUT2D eigenvalue weighted by Gasteiger charge is 2.22. The van der Waals surface area contributed by atoms with E-state index in [0.717, 1.165) is 23.7 Å². The molecule has 3 rings (SSSR count). The molecule has 2 aromatic carbocycles. The molecule has 170 valence electrons. The van der Waals surface area contributed by atoms with E-state index in [1.807, 2.05) is 66.8 Å². The summed E-state index contributed by atoms with van der Waals surface area (Å²) in [7, 11) is 0. The van der Waals surface area contributed by atoms with Crippen LogP contribution in [0.4, 0.5) is 0 Å². The van der Waals surface area contributed by atoms with E-state index in [0.29, 0.717) is 11.3 Å². The molecule has 1 amide bonds. The number of amides is 1. The van der Waals surface area contributed by atoms with E-state index in [-0.39, 0.29) is 30.0 Å². The number of thioether (sulfide) groups is 1. The molecule has 0 heterocycles. The molecule has 1 N–H and O–H groups in total. The van der Waals surface area contributed by atoms with Gasteiger partial charge in [0.05, 0.1) is 0 Å². The van der Waals surface area contributed by atoms with Crippen LogP contribution in [0, 0.1) is 5.92 Å². The predicted molar refractivity (Wildman–Crippen MR) is 132 cm³/mol. The molecule has 1 aliphatic rings. The molecule has 6 heteroatoms. The largest absolute Gasteiger partial charge is 0.459 e. The minimum absolute atomic E-state index is 0.0737. The highest BCUT2D eigenvalue weighted by atomic mass is 32.2. The van der Waals surface area contributed by atoms with Crippen molar-refractivity contribution >= 4 is 28.8 Å². The molecule has 0 aromatic heterocycles. The summed E-state index contributed by atoms with van der Waals surface area (Å²) in [4.78, 5) is 37.5. The zero-order valence-electron chi connectivity index (χ0n) is 18.3. The number of carbonyl (C=O) groups excluding carboxylic acids is 3. The number of carbonyl (C=O) groups is 3. The van der Waals surface area contributed by atoms with Crippen molar-refractivity contribution in [2.24, 2.45) is 5.92 Å². The monoisotopic (exact) mass is 461 g/mol. The zero-order chi connectivity index (χ0) is 23.3. The Morgan fingerprint density at radius 1 is 1.03 bits per heavy atom. The molecule has 0 bridgehead atoms. The lowest BCUT2D eigenvalue weighted by molar-refractivity contribution is -0.148. The van der Waals surface area contributed by atoms with Crippen molar-refractivity contribution in [3.05, 3.63) is 108 Å². The Morgan fingerprint density at radius 2 is 1.76 bits per heavy atom. The van der Waals surface area contributed by atoms with Crippen LogP contribution >= 0.6 is 11.8 Å². The number of benzene rings is 2. The Morgan fingerprint density at radius 3 is 2.45 bits per heavy atom. The lowest BCUT2D eigenvalue weighted by atomic mass is 10.0. The molecule has 0 saturated carbocycles. The summed E-state index contributed by atoms with van der Waals surface area (Å²) in [5.41, 5.74) is 1.47. The number of allylic oxidation sites excluding steroid dienone is 5. The predicted octanol–water partition coefficient (Wildman–Crippen LogP) is 4.87. The zero-order valence-corrected chi connectivity index (χ0v) is 19.1. The van der Waals surface area contributed by atoms with E-state index in [1.54, 1.807) is 24.3 Å². The maximum Gasteiger partial charge on any atom is 0.329 e. The number of rotatable bonds is 10. The van der Waals surface area contributed by atoms with Crippen LogP contribution in [0.15, 0.2) is 97.1 Å². The van der Waals surface area contributed by atoms with E-state index < -0.39 is 12.0 Å². The van der Waals surface area contributed by atoms with E-state index in [4.69, 9.17) is 4.74 Å². The molecule has 1 aliphatic carbocycles. The lowest BCUT2D eigenvalue weighted by Gasteiger charge is -2.17. The second-order valence-electron chi connectivity index (χ2n) is 7.52. The third-order valence-corrected chi connectivity index (χ3v) is 5.92. The number of ether oxygens (including phenoxy) is 1. The van der Waals surface area contributed by atoms with Crippen molar-refractivity contribution in [2.75, 3.05) is 5.75 Å². The summed E-state index contributed by atoms with van der Waals surface area (Å²) in [5, 5.41) is 2.67. The van der Waals surface area contributed by atoms with Gasteiger partial charge in [-0.05, 0) is 30.4 Å². The summed E-state index contributed by atoms with van der Waals surface area (Å²) >= 11 is 1.12. The molecule has 2 atom stereocenters. The Bertz CT molecular complexity index is 1010. The Hall–Kier alpha value is -3.38. The van der Waals surface area contributed by atoms with Crippen LogP contribution in [0.5, 0.6) is 0 Å². The van der Waals surface area contributed by atoms with Gasteiger partial charge in [0.25, 0.3) is 0 Å². The van der Waals surface area contributed by atoms with E-state index >= 15 is 0 Å². The molecule has 0 spiro atoms. The van der Waals surface area contributed by atoms with E-state index in [2.05, 4.69) is 5.32 Å². The Labute approximate surface area is 198 Å². The van der Waals surface area contributed by atoms with Gasteiger partial charge in [-0.1, -0.05) is 103 Å². The van der Waals surface area contributed by atoms with Crippen LogP contribution in [0.1, 0.15) is 28.8 Å². The van der Waals surface area contributed by atoms with Crippen molar-refractivity contribution in [1.82, 2.24) is 5.32 Å². The van der Waals surface area contributed by atoms with Gasteiger partial charge in [-0.15, -0.1) is 0 Å².